The molecule has 0 bridgehead atoms. The molecule has 3 heteroatoms. The molecule has 0 radical (unpaired) electrons. The van der Waals surface area contributed by atoms with Crippen molar-refractivity contribution in [2.24, 2.45) is 7.05 Å². The number of hydrogen-bond donors (Lipinski definition) is 0. The van der Waals surface area contributed by atoms with E-state index in [2.05, 4.69) is 22.9 Å². The van der Waals surface area contributed by atoms with Crippen molar-refractivity contribution in [3.8, 4) is 0 Å². The average molecular weight is 244 g/mol. The lowest BCUT2D eigenvalue weighted by Gasteiger charge is -2.21. The molecule has 0 fully saturated rings. The third-order valence-corrected chi connectivity index (χ3v) is 3.49. The molecule has 0 spiro atoms. The number of likely N-dealkylation sites (N-methyl/N-ethyl adjacent to an activating group) is 1. The summed E-state index contributed by atoms with van der Waals surface area (Å²) in [5.41, 5.74) is 2.28. The van der Waals surface area contributed by atoms with Crippen molar-refractivity contribution in [1.29, 1.82) is 0 Å². The molecule has 1 heterocycles. The first-order valence-corrected chi connectivity index (χ1v) is 6.29. The van der Waals surface area contributed by atoms with Crippen LogP contribution in [0.2, 0.25) is 0 Å². The fourth-order valence-corrected chi connectivity index (χ4v) is 2.14. The molecular formula is C15H20N2O. The Morgan fingerprint density at radius 2 is 2.00 bits per heavy atom. The first-order valence-electron chi connectivity index (χ1n) is 6.29. The van der Waals surface area contributed by atoms with E-state index in [0.29, 0.717) is 6.42 Å². The summed E-state index contributed by atoms with van der Waals surface area (Å²) in [6.07, 6.45) is 2.52. The Hall–Kier alpha value is -1.77. The monoisotopic (exact) mass is 244 g/mol. The van der Waals surface area contributed by atoms with Crippen molar-refractivity contribution in [3.05, 3.63) is 36.0 Å². The summed E-state index contributed by atoms with van der Waals surface area (Å²) in [4.78, 5) is 13.9. The van der Waals surface area contributed by atoms with Gasteiger partial charge in [0.15, 0.2) is 0 Å². The Kier molecular flexibility index (Phi) is 3.41. The van der Waals surface area contributed by atoms with Gasteiger partial charge in [0, 0.05) is 37.2 Å². The van der Waals surface area contributed by atoms with E-state index in [9.17, 15) is 4.79 Å². The number of carbonyl (C=O) groups excluding carboxylic acids is 1. The van der Waals surface area contributed by atoms with Gasteiger partial charge >= 0.3 is 0 Å². The highest BCUT2D eigenvalue weighted by Gasteiger charge is 2.15. The Bertz CT molecular complexity index is 569. The van der Waals surface area contributed by atoms with Crippen molar-refractivity contribution in [2.45, 2.75) is 26.3 Å². The number of rotatable bonds is 3. The third-order valence-electron chi connectivity index (χ3n) is 3.49. The summed E-state index contributed by atoms with van der Waals surface area (Å²) in [5, 5.41) is 1.17. The van der Waals surface area contributed by atoms with Crippen LogP contribution in [0, 0.1) is 0 Å². The number of hydrogen-bond acceptors (Lipinski definition) is 1. The van der Waals surface area contributed by atoms with Gasteiger partial charge in [-0.25, -0.2) is 0 Å². The van der Waals surface area contributed by atoms with E-state index < -0.39 is 0 Å². The topological polar surface area (TPSA) is 25.2 Å². The van der Waals surface area contributed by atoms with Gasteiger partial charge in [0.2, 0.25) is 5.91 Å². The maximum Gasteiger partial charge on any atom is 0.227 e. The van der Waals surface area contributed by atoms with Gasteiger partial charge in [-0.2, -0.15) is 0 Å². The normalized spacial score (nSPS) is 11.2. The van der Waals surface area contributed by atoms with Crippen LogP contribution in [0.4, 0.5) is 0 Å². The molecule has 1 amide bonds. The molecule has 1 aromatic carbocycles. The maximum absolute atomic E-state index is 12.1. The molecule has 18 heavy (non-hydrogen) atoms. The molecule has 1 aromatic heterocycles. The van der Waals surface area contributed by atoms with Gasteiger partial charge < -0.3 is 9.47 Å². The minimum Gasteiger partial charge on any atom is -0.350 e. The molecule has 0 saturated heterocycles. The number of nitrogens with zero attached hydrogens (tertiary/aromatic N) is 2. The van der Waals surface area contributed by atoms with E-state index in [1.54, 1.807) is 4.90 Å². The summed E-state index contributed by atoms with van der Waals surface area (Å²) < 4.78 is 2.08. The van der Waals surface area contributed by atoms with E-state index in [1.165, 1.54) is 10.9 Å². The van der Waals surface area contributed by atoms with Crippen LogP contribution >= 0.6 is 0 Å². The number of aromatic nitrogens is 1. The van der Waals surface area contributed by atoms with Crippen molar-refractivity contribution >= 4 is 16.8 Å². The Morgan fingerprint density at radius 3 is 2.67 bits per heavy atom. The molecule has 0 aliphatic heterocycles. The first kappa shape index (κ1) is 12.7. The number of carbonyl (C=O) groups is 1. The highest BCUT2D eigenvalue weighted by molar-refractivity contribution is 5.89. The van der Waals surface area contributed by atoms with Crippen LogP contribution in [0.3, 0.4) is 0 Å². The van der Waals surface area contributed by atoms with E-state index in [-0.39, 0.29) is 11.9 Å². The second kappa shape index (κ2) is 4.84. The van der Waals surface area contributed by atoms with Gasteiger partial charge in [0.25, 0.3) is 0 Å². The van der Waals surface area contributed by atoms with Crippen molar-refractivity contribution in [3.63, 3.8) is 0 Å². The number of amides is 1. The minimum absolute atomic E-state index is 0.168. The molecule has 3 nitrogen and oxygen atoms in total. The van der Waals surface area contributed by atoms with E-state index >= 15 is 0 Å². The smallest absolute Gasteiger partial charge is 0.227 e. The van der Waals surface area contributed by atoms with Gasteiger partial charge in [-0.15, -0.1) is 0 Å². The minimum atomic E-state index is 0.168. The first-order chi connectivity index (χ1) is 8.50. The summed E-state index contributed by atoms with van der Waals surface area (Å²) in [6.45, 7) is 4.06. The molecular weight excluding hydrogens is 224 g/mol. The fraction of sp³-hybridized carbons (Fsp3) is 0.400. The largest absolute Gasteiger partial charge is 0.350 e. The Morgan fingerprint density at radius 1 is 1.33 bits per heavy atom. The van der Waals surface area contributed by atoms with Crippen LogP contribution in [0.1, 0.15) is 19.4 Å². The molecule has 96 valence electrons. The molecule has 0 aliphatic carbocycles. The van der Waals surface area contributed by atoms with Crippen LogP contribution in [0.5, 0.6) is 0 Å². The van der Waals surface area contributed by atoms with Gasteiger partial charge in [-0.1, -0.05) is 18.2 Å². The molecule has 0 aliphatic rings. The quantitative estimate of drug-likeness (QED) is 0.814. The van der Waals surface area contributed by atoms with Crippen molar-refractivity contribution < 1.29 is 4.79 Å². The van der Waals surface area contributed by atoms with E-state index in [1.807, 2.05) is 40.1 Å². The fourth-order valence-electron chi connectivity index (χ4n) is 2.14. The van der Waals surface area contributed by atoms with Crippen LogP contribution < -0.4 is 0 Å². The SMILES string of the molecule is CC(C)N(C)C(=O)Cc1cn(C)c2ccccc12. The second-order valence-corrected chi connectivity index (χ2v) is 5.06. The number of para-hydroxylation sites is 1. The summed E-state index contributed by atoms with van der Waals surface area (Å²) in [6, 6.07) is 8.44. The predicted octanol–water partition coefficient (Wildman–Crippen LogP) is 2.59. The lowest BCUT2D eigenvalue weighted by atomic mass is 10.1. The molecule has 0 saturated carbocycles. The van der Waals surface area contributed by atoms with Gasteiger partial charge in [0.05, 0.1) is 6.42 Å². The highest BCUT2D eigenvalue weighted by Crippen LogP contribution is 2.21. The van der Waals surface area contributed by atoms with Crippen LogP contribution in [-0.4, -0.2) is 28.5 Å². The van der Waals surface area contributed by atoms with Crippen LogP contribution in [-0.2, 0) is 18.3 Å². The van der Waals surface area contributed by atoms with Crippen LogP contribution in [0.15, 0.2) is 30.5 Å². The zero-order chi connectivity index (χ0) is 13.3. The molecule has 2 aromatic rings. The van der Waals surface area contributed by atoms with E-state index in [0.717, 1.165) is 5.56 Å². The summed E-state index contributed by atoms with van der Waals surface area (Å²) in [7, 11) is 3.88. The second-order valence-electron chi connectivity index (χ2n) is 5.06. The van der Waals surface area contributed by atoms with Crippen LogP contribution in [0.25, 0.3) is 10.9 Å². The summed E-state index contributed by atoms with van der Waals surface area (Å²) in [5.74, 6) is 0.168. The Balaban J connectivity index is 2.30. The number of aryl methyl sites for hydroxylation is 1. The zero-order valence-corrected chi connectivity index (χ0v) is 11.5. The Labute approximate surface area is 108 Å². The van der Waals surface area contributed by atoms with Gasteiger partial charge in [-0.3, -0.25) is 4.79 Å². The predicted molar refractivity (Wildman–Crippen MR) is 74.5 cm³/mol. The van der Waals surface area contributed by atoms with Gasteiger partial charge in [-0.05, 0) is 25.5 Å². The van der Waals surface area contributed by atoms with Crippen molar-refractivity contribution in [1.82, 2.24) is 9.47 Å². The number of fused-ring (bicyclic) bond motifs is 1. The maximum atomic E-state index is 12.1. The number of benzene rings is 1. The van der Waals surface area contributed by atoms with E-state index in [4.69, 9.17) is 0 Å². The lowest BCUT2D eigenvalue weighted by molar-refractivity contribution is -0.130. The highest BCUT2D eigenvalue weighted by atomic mass is 16.2. The molecule has 0 N–H and O–H groups in total. The molecule has 0 atom stereocenters. The zero-order valence-electron chi connectivity index (χ0n) is 11.5. The van der Waals surface area contributed by atoms with Crippen molar-refractivity contribution in [2.75, 3.05) is 7.05 Å². The molecule has 2 rings (SSSR count). The third kappa shape index (κ3) is 2.26. The molecule has 0 unspecified atom stereocenters. The van der Waals surface area contributed by atoms with Gasteiger partial charge in [0.1, 0.15) is 0 Å². The standard InChI is InChI=1S/C15H20N2O/c1-11(2)17(4)15(18)9-12-10-16(3)14-8-6-5-7-13(12)14/h5-8,10-11H,9H2,1-4H3. The lowest BCUT2D eigenvalue weighted by Crippen LogP contribution is -2.34. The average Bonchev–Trinajstić information content (AvgIpc) is 2.66. The summed E-state index contributed by atoms with van der Waals surface area (Å²) >= 11 is 0.